The van der Waals surface area contributed by atoms with Crippen LogP contribution in [0.3, 0.4) is 0 Å². The zero-order valence-corrected chi connectivity index (χ0v) is 11.1. The van der Waals surface area contributed by atoms with Gasteiger partial charge in [0, 0.05) is 5.56 Å². The summed E-state index contributed by atoms with van der Waals surface area (Å²) in [5, 5.41) is 0. The molecule has 0 bridgehead atoms. The Morgan fingerprint density at radius 3 is 2.45 bits per heavy atom. The fourth-order valence-electron chi connectivity index (χ4n) is 1.23. The van der Waals surface area contributed by atoms with Crippen molar-refractivity contribution in [2.24, 2.45) is 0 Å². The van der Waals surface area contributed by atoms with Gasteiger partial charge in [0.15, 0.2) is 5.78 Å². The Morgan fingerprint density at radius 1 is 1.35 bits per heavy atom. The summed E-state index contributed by atoms with van der Waals surface area (Å²) in [6, 6.07) is 4.63. The highest BCUT2D eigenvalue weighted by molar-refractivity contribution is 7.89. The van der Waals surface area contributed by atoms with Crippen molar-refractivity contribution in [3.05, 3.63) is 29.8 Å². The van der Waals surface area contributed by atoms with Crippen LogP contribution in [0.1, 0.15) is 17.3 Å². The van der Waals surface area contributed by atoms with E-state index in [1.807, 2.05) is 0 Å². The molecule has 1 aromatic rings. The number of halogens is 4. The number of rotatable bonds is 6. The van der Waals surface area contributed by atoms with E-state index in [0.717, 1.165) is 12.1 Å². The third kappa shape index (κ3) is 4.01. The van der Waals surface area contributed by atoms with Gasteiger partial charge in [-0.15, -0.1) is 0 Å². The second kappa shape index (κ2) is 5.88. The van der Waals surface area contributed by atoms with Crippen molar-refractivity contribution in [3.63, 3.8) is 0 Å². The number of alkyl halides is 4. The molecule has 0 saturated heterocycles. The summed E-state index contributed by atoms with van der Waals surface area (Å²) in [6.45, 7) is -0.526. The van der Waals surface area contributed by atoms with Crippen LogP contribution in [0.2, 0.25) is 0 Å². The number of carbonyl (C=O) groups is 1. The van der Waals surface area contributed by atoms with Gasteiger partial charge in [-0.05, 0) is 19.1 Å². The number of hydrogen-bond acceptors (Lipinski definition) is 3. The van der Waals surface area contributed by atoms with Gasteiger partial charge >= 0.3 is 12.3 Å². The summed E-state index contributed by atoms with van der Waals surface area (Å²) in [7, 11) is -4.40. The molecule has 20 heavy (non-hydrogen) atoms. The highest BCUT2D eigenvalue weighted by Crippen LogP contribution is 2.22. The molecule has 0 aliphatic heterocycles. The van der Waals surface area contributed by atoms with E-state index in [0.29, 0.717) is 0 Å². The van der Waals surface area contributed by atoms with Crippen molar-refractivity contribution in [1.29, 1.82) is 0 Å². The Kier molecular flexibility index (Phi) is 4.87. The van der Waals surface area contributed by atoms with Gasteiger partial charge in [-0.3, -0.25) is 4.79 Å². The van der Waals surface area contributed by atoms with Crippen LogP contribution in [0.15, 0.2) is 29.2 Å². The van der Waals surface area contributed by atoms with E-state index in [1.165, 1.54) is 23.8 Å². The van der Waals surface area contributed by atoms with Gasteiger partial charge in [-0.1, -0.05) is 12.1 Å². The van der Waals surface area contributed by atoms with Crippen LogP contribution in [-0.2, 0) is 10.0 Å². The van der Waals surface area contributed by atoms with Crippen LogP contribution in [0.4, 0.5) is 17.6 Å². The minimum atomic E-state index is -4.47. The predicted octanol–water partition coefficient (Wildman–Crippen LogP) is 2.07. The molecule has 112 valence electrons. The second-order valence-corrected chi connectivity index (χ2v) is 5.74. The maximum absolute atomic E-state index is 12.7. The zero-order valence-electron chi connectivity index (χ0n) is 10.2. The maximum Gasteiger partial charge on any atom is 0.320 e. The lowest BCUT2D eigenvalue weighted by molar-refractivity contribution is -0.122. The Morgan fingerprint density at radius 2 is 1.95 bits per heavy atom. The molecule has 1 N–H and O–H groups in total. The molecule has 0 aliphatic rings. The molecule has 0 amide bonds. The van der Waals surface area contributed by atoms with Crippen molar-refractivity contribution in [3.8, 4) is 0 Å². The molecule has 1 rings (SSSR count). The summed E-state index contributed by atoms with van der Waals surface area (Å²) in [4.78, 5) is 10.6. The van der Waals surface area contributed by atoms with E-state index in [-0.39, 0.29) is 5.56 Å². The normalized spacial score (nSPS) is 12.7. The Labute approximate surface area is 112 Å². The van der Waals surface area contributed by atoms with Gasteiger partial charge in [0.05, 0.1) is 11.4 Å². The summed E-state index contributed by atoms with van der Waals surface area (Å²) in [5.41, 5.74) is 0.0634. The third-order valence-corrected chi connectivity index (χ3v) is 3.77. The zero-order chi connectivity index (χ0) is 15.6. The lowest BCUT2D eigenvalue weighted by atomic mass is 10.2. The fraction of sp³-hybridized carbons (Fsp3) is 0.364. The quantitative estimate of drug-likeness (QED) is 0.646. The first-order valence-corrected chi connectivity index (χ1v) is 6.81. The smallest absolute Gasteiger partial charge is 0.295 e. The number of nitrogens with one attached hydrogen (secondary N) is 1. The minimum Gasteiger partial charge on any atom is -0.295 e. The number of sulfonamides is 1. The Balaban J connectivity index is 2.95. The number of ketones is 1. The third-order valence-electron chi connectivity index (χ3n) is 2.37. The average Bonchev–Trinajstić information content (AvgIpc) is 2.36. The van der Waals surface area contributed by atoms with E-state index < -0.39 is 39.6 Å². The first-order chi connectivity index (χ1) is 9.06. The van der Waals surface area contributed by atoms with Gasteiger partial charge < -0.3 is 0 Å². The molecular weight excluding hydrogens is 302 g/mol. The van der Waals surface area contributed by atoms with Crippen LogP contribution in [0.5, 0.6) is 0 Å². The van der Waals surface area contributed by atoms with Crippen LogP contribution in [-0.4, -0.2) is 33.1 Å². The molecule has 9 heteroatoms. The van der Waals surface area contributed by atoms with Gasteiger partial charge in [-0.2, -0.15) is 8.78 Å². The van der Waals surface area contributed by atoms with Crippen molar-refractivity contribution in [2.45, 2.75) is 24.2 Å². The van der Waals surface area contributed by atoms with Gasteiger partial charge in [0.2, 0.25) is 10.0 Å². The molecule has 0 unspecified atom stereocenters. The Hall–Kier alpha value is -1.48. The molecule has 0 heterocycles. The highest BCUT2D eigenvalue weighted by Gasteiger charge is 2.41. The lowest BCUT2D eigenvalue weighted by Crippen LogP contribution is -2.41. The molecular formula is C11H11F4NO3S. The summed E-state index contributed by atoms with van der Waals surface area (Å²) < 4.78 is 73.9. The second-order valence-electron chi connectivity index (χ2n) is 3.97. The topological polar surface area (TPSA) is 63.2 Å². The van der Waals surface area contributed by atoms with Crippen molar-refractivity contribution < 1.29 is 30.8 Å². The first-order valence-electron chi connectivity index (χ1n) is 5.33. The lowest BCUT2D eigenvalue weighted by Gasteiger charge is -2.16. The summed E-state index contributed by atoms with van der Waals surface area (Å²) in [5.74, 6) is -4.88. The number of benzene rings is 1. The van der Waals surface area contributed by atoms with Crippen LogP contribution < -0.4 is 4.72 Å². The largest absolute Gasteiger partial charge is 0.320 e. The van der Waals surface area contributed by atoms with E-state index in [4.69, 9.17) is 0 Å². The van der Waals surface area contributed by atoms with Crippen LogP contribution >= 0.6 is 0 Å². The van der Waals surface area contributed by atoms with Crippen LogP contribution in [0.25, 0.3) is 0 Å². The number of carbonyl (C=O) groups excluding carboxylic acids is 1. The fourth-order valence-corrected chi connectivity index (χ4v) is 2.32. The molecule has 0 fully saturated rings. The maximum atomic E-state index is 12.7. The van der Waals surface area contributed by atoms with E-state index in [1.54, 1.807) is 0 Å². The molecule has 0 aliphatic carbocycles. The SMILES string of the molecule is CC(=O)c1cccc(S(=O)(=O)NCC(F)(F)C(F)F)c1. The summed E-state index contributed by atoms with van der Waals surface area (Å²) >= 11 is 0. The van der Waals surface area contributed by atoms with Crippen molar-refractivity contribution in [2.75, 3.05) is 6.54 Å². The highest BCUT2D eigenvalue weighted by atomic mass is 32.2. The number of Topliss-reactive ketones (excluding diaryl/α,β-unsaturated/α-hetero) is 1. The molecule has 0 spiro atoms. The molecule has 0 aromatic heterocycles. The predicted molar refractivity (Wildman–Crippen MR) is 62.6 cm³/mol. The van der Waals surface area contributed by atoms with E-state index in [2.05, 4.69) is 0 Å². The molecule has 1 aromatic carbocycles. The number of hydrogen-bond donors (Lipinski definition) is 1. The molecule has 0 saturated carbocycles. The van der Waals surface area contributed by atoms with Crippen molar-refractivity contribution in [1.82, 2.24) is 4.72 Å². The van der Waals surface area contributed by atoms with Crippen molar-refractivity contribution >= 4 is 15.8 Å². The first kappa shape index (κ1) is 16.6. The average molecular weight is 313 g/mol. The summed E-state index contributed by atoms with van der Waals surface area (Å²) in [6.07, 6.45) is -3.98. The monoisotopic (exact) mass is 313 g/mol. The van der Waals surface area contributed by atoms with Gasteiger partial charge in [0.25, 0.3) is 0 Å². The molecule has 0 radical (unpaired) electrons. The molecule has 4 nitrogen and oxygen atoms in total. The standard InChI is InChI=1S/C11H11F4NO3S/c1-7(17)8-3-2-4-9(5-8)20(18,19)16-6-11(14,15)10(12)13/h2-5,10,16H,6H2,1H3. The molecule has 0 atom stereocenters. The van der Waals surface area contributed by atoms with E-state index >= 15 is 0 Å². The van der Waals surface area contributed by atoms with Gasteiger partial charge in [0.1, 0.15) is 0 Å². The van der Waals surface area contributed by atoms with Gasteiger partial charge in [-0.25, -0.2) is 21.9 Å². The van der Waals surface area contributed by atoms with Crippen LogP contribution in [0, 0.1) is 0 Å². The minimum absolute atomic E-state index is 0.0634. The van der Waals surface area contributed by atoms with E-state index in [9.17, 15) is 30.8 Å². The Bertz CT molecular complexity index is 601.